The number of halogens is 3. The van der Waals surface area contributed by atoms with Crippen LogP contribution in [0.2, 0.25) is 0 Å². The Morgan fingerprint density at radius 1 is 0.667 bits per heavy atom. The largest absolute Gasteiger partial charge is 0.389 e. The summed E-state index contributed by atoms with van der Waals surface area (Å²) < 4.78 is 36.5. The molecule has 0 atom stereocenters. The molecule has 2 saturated carbocycles. The lowest BCUT2D eigenvalue weighted by molar-refractivity contribution is -0.135. The van der Waals surface area contributed by atoms with Gasteiger partial charge in [0.2, 0.25) is 0 Å². The van der Waals surface area contributed by atoms with Crippen LogP contribution < -0.4 is 0 Å². The Kier molecular flexibility index (Phi) is 8.43. The van der Waals surface area contributed by atoms with Gasteiger partial charge in [0.15, 0.2) is 0 Å². The van der Waals surface area contributed by atoms with Gasteiger partial charge in [-0.1, -0.05) is 64.7 Å². The van der Waals surface area contributed by atoms with Gasteiger partial charge in [-0.2, -0.15) is 13.2 Å². The van der Waals surface area contributed by atoms with E-state index in [9.17, 15) is 13.2 Å². The van der Waals surface area contributed by atoms with Gasteiger partial charge in [-0.3, -0.25) is 0 Å². The van der Waals surface area contributed by atoms with Crippen molar-refractivity contribution in [2.24, 2.45) is 23.7 Å². The Hall–Kier alpha value is -0.210. The van der Waals surface area contributed by atoms with Crippen molar-refractivity contribution in [1.29, 1.82) is 0 Å². The Morgan fingerprint density at radius 2 is 1.12 bits per heavy atom. The van der Waals surface area contributed by atoms with Crippen LogP contribution in [0.15, 0.2) is 0 Å². The molecule has 0 N–H and O–H groups in total. The zero-order chi connectivity index (χ0) is 17.4. The van der Waals surface area contributed by atoms with Gasteiger partial charge in [-0.25, -0.2) is 0 Å². The number of unbranched alkanes of at least 4 members (excludes halogenated alkanes) is 2. The summed E-state index contributed by atoms with van der Waals surface area (Å²) in [5, 5.41) is 0. The quantitative estimate of drug-likeness (QED) is 0.392. The van der Waals surface area contributed by atoms with Crippen LogP contribution in [0.4, 0.5) is 13.2 Å². The second kappa shape index (κ2) is 10.1. The van der Waals surface area contributed by atoms with Crippen molar-refractivity contribution in [1.82, 2.24) is 0 Å². The molecule has 24 heavy (non-hydrogen) atoms. The van der Waals surface area contributed by atoms with Gasteiger partial charge < -0.3 is 0 Å². The third kappa shape index (κ3) is 7.35. The van der Waals surface area contributed by atoms with Crippen molar-refractivity contribution in [3.8, 4) is 0 Å². The van der Waals surface area contributed by atoms with Gasteiger partial charge in [-0.15, -0.1) is 0 Å². The summed E-state index contributed by atoms with van der Waals surface area (Å²) in [7, 11) is 0. The first-order chi connectivity index (χ1) is 11.5. The lowest BCUT2D eigenvalue weighted by Gasteiger charge is -2.38. The van der Waals surface area contributed by atoms with E-state index in [-0.39, 0.29) is 0 Å². The van der Waals surface area contributed by atoms with E-state index in [2.05, 4.69) is 6.92 Å². The number of alkyl halides is 3. The molecule has 0 bridgehead atoms. The Morgan fingerprint density at radius 3 is 1.54 bits per heavy atom. The van der Waals surface area contributed by atoms with Crippen LogP contribution in [0.1, 0.15) is 103 Å². The second-order valence-electron chi connectivity index (χ2n) is 8.56. The van der Waals surface area contributed by atoms with E-state index in [1.807, 2.05) is 0 Å². The highest BCUT2D eigenvalue weighted by molar-refractivity contribution is 4.82. The molecule has 0 nitrogen and oxygen atoms in total. The highest BCUT2D eigenvalue weighted by Gasteiger charge is 2.31. The van der Waals surface area contributed by atoms with E-state index in [1.54, 1.807) is 0 Å². The molecule has 0 saturated heterocycles. The van der Waals surface area contributed by atoms with E-state index >= 15 is 0 Å². The fourth-order valence-electron chi connectivity index (χ4n) is 5.15. The minimum Gasteiger partial charge on any atom is -0.171 e. The topological polar surface area (TPSA) is 0 Å². The van der Waals surface area contributed by atoms with Crippen LogP contribution in [-0.4, -0.2) is 6.18 Å². The average molecular weight is 347 g/mol. The van der Waals surface area contributed by atoms with Crippen molar-refractivity contribution >= 4 is 0 Å². The van der Waals surface area contributed by atoms with Crippen molar-refractivity contribution in [3.63, 3.8) is 0 Å². The molecule has 0 aliphatic heterocycles. The molecule has 142 valence electrons. The molecular formula is C21H37F3. The van der Waals surface area contributed by atoms with Crippen LogP contribution in [-0.2, 0) is 0 Å². The zero-order valence-electron chi connectivity index (χ0n) is 15.5. The smallest absolute Gasteiger partial charge is 0.171 e. The highest BCUT2D eigenvalue weighted by atomic mass is 19.4. The lowest BCUT2D eigenvalue weighted by atomic mass is 9.68. The maximum Gasteiger partial charge on any atom is 0.389 e. The summed E-state index contributed by atoms with van der Waals surface area (Å²) in [6.07, 6.45) is 12.7. The van der Waals surface area contributed by atoms with E-state index in [0.29, 0.717) is 12.3 Å². The number of hydrogen-bond donors (Lipinski definition) is 0. The van der Waals surface area contributed by atoms with Crippen molar-refractivity contribution in [3.05, 3.63) is 0 Å². The molecule has 0 heterocycles. The summed E-state index contributed by atoms with van der Waals surface area (Å²) in [5.74, 6) is 3.57. The fraction of sp³-hybridized carbons (Fsp3) is 1.00. The van der Waals surface area contributed by atoms with E-state index in [4.69, 9.17) is 0 Å². The normalized spacial score (nSPS) is 32.0. The maximum atomic E-state index is 12.2. The van der Waals surface area contributed by atoms with Gasteiger partial charge in [-0.05, 0) is 55.8 Å². The SMILES string of the molecule is CCCCC1CCC(C2CCC(CCCCC(F)(F)F)CC2)CC1. The van der Waals surface area contributed by atoms with E-state index in [1.165, 1.54) is 70.6 Å². The molecule has 0 aromatic carbocycles. The van der Waals surface area contributed by atoms with Crippen molar-refractivity contribution < 1.29 is 13.2 Å². The predicted molar refractivity (Wildman–Crippen MR) is 94.9 cm³/mol. The van der Waals surface area contributed by atoms with Crippen molar-refractivity contribution in [2.75, 3.05) is 0 Å². The average Bonchev–Trinajstić information content (AvgIpc) is 2.57. The zero-order valence-corrected chi connectivity index (χ0v) is 15.5. The molecule has 2 rings (SSSR count). The number of rotatable bonds is 8. The van der Waals surface area contributed by atoms with Crippen LogP contribution in [0, 0.1) is 23.7 Å². The summed E-state index contributed by atoms with van der Waals surface area (Å²) in [6.45, 7) is 2.28. The van der Waals surface area contributed by atoms with Crippen LogP contribution >= 0.6 is 0 Å². The predicted octanol–water partition coefficient (Wildman–Crippen LogP) is 7.91. The Balaban J connectivity index is 1.56. The molecule has 0 spiro atoms. The Bertz CT molecular complexity index is 320. The minimum atomic E-state index is -3.96. The first kappa shape index (κ1) is 20.1. The van der Waals surface area contributed by atoms with E-state index < -0.39 is 12.6 Å². The van der Waals surface area contributed by atoms with Crippen molar-refractivity contribution in [2.45, 2.75) is 109 Å². The molecule has 0 unspecified atom stereocenters. The molecule has 2 aliphatic rings. The number of hydrogen-bond acceptors (Lipinski definition) is 0. The first-order valence-electron chi connectivity index (χ1n) is 10.5. The Labute approximate surface area is 147 Å². The second-order valence-corrected chi connectivity index (χ2v) is 8.56. The molecule has 0 aromatic rings. The molecule has 0 radical (unpaired) electrons. The monoisotopic (exact) mass is 346 g/mol. The summed E-state index contributed by atoms with van der Waals surface area (Å²) >= 11 is 0. The molecular weight excluding hydrogens is 309 g/mol. The molecule has 0 aromatic heterocycles. The standard InChI is InChI=1S/C21H37F3/c1-2-3-6-17-8-12-19(13-9-17)20-14-10-18(11-15-20)7-4-5-16-21(22,23)24/h17-20H,2-16H2,1H3. The summed E-state index contributed by atoms with van der Waals surface area (Å²) in [4.78, 5) is 0. The third-order valence-electron chi connectivity index (χ3n) is 6.74. The van der Waals surface area contributed by atoms with Gasteiger partial charge in [0.1, 0.15) is 0 Å². The maximum absolute atomic E-state index is 12.2. The van der Waals surface area contributed by atoms with Gasteiger partial charge in [0.25, 0.3) is 0 Å². The minimum absolute atomic E-state index is 0.325. The molecule has 3 heteroatoms. The lowest BCUT2D eigenvalue weighted by Crippen LogP contribution is -2.26. The summed E-state index contributed by atoms with van der Waals surface area (Å²) in [6, 6.07) is 0. The molecule has 2 fully saturated rings. The molecule has 0 amide bonds. The highest BCUT2D eigenvalue weighted by Crippen LogP contribution is 2.43. The van der Waals surface area contributed by atoms with Crippen LogP contribution in [0.25, 0.3) is 0 Å². The summed E-state index contributed by atoms with van der Waals surface area (Å²) in [5.41, 5.74) is 0. The van der Waals surface area contributed by atoms with Crippen LogP contribution in [0.5, 0.6) is 0 Å². The third-order valence-corrected chi connectivity index (χ3v) is 6.74. The van der Waals surface area contributed by atoms with Gasteiger partial charge >= 0.3 is 6.18 Å². The van der Waals surface area contributed by atoms with Gasteiger partial charge in [0.05, 0.1) is 0 Å². The first-order valence-corrected chi connectivity index (χ1v) is 10.5. The van der Waals surface area contributed by atoms with Crippen LogP contribution in [0.3, 0.4) is 0 Å². The fourth-order valence-corrected chi connectivity index (χ4v) is 5.15. The van der Waals surface area contributed by atoms with Gasteiger partial charge in [0, 0.05) is 6.42 Å². The molecule has 2 aliphatic carbocycles. The van der Waals surface area contributed by atoms with E-state index in [0.717, 1.165) is 30.6 Å².